The van der Waals surface area contributed by atoms with Crippen molar-refractivity contribution in [2.75, 3.05) is 0 Å². The van der Waals surface area contributed by atoms with E-state index in [1.54, 1.807) is 0 Å². The van der Waals surface area contributed by atoms with Gasteiger partial charge >= 0.3 is 0 Å². The second kappa shape index (κ2) is 4.84. The summed E-state index contributed by atoms with van der Waals surface area (Å²) in [5.41, 5.74) is 1.07. The molecule has 5 heteroatoms. The molecule has 0 spiro atoms. The lowest BCUT2D eigenvalue weighted by atomic mass is 10.2. The molecule has 0 N–H and O–H groups in total. The van der Waals surface area contributed by atoms with E-state index < -0.39 is 0 Å². The molecule has 0 radical (unpaired) electrons. The molecule has 1 aromatic heterocycles. The molecular formula is C10H7BrClIN2. The number of nitrogens with zero attached hydrogens (tertiary/aromatic N) is 2. The smallest absolute Gasteiger partial charge is 0.0674 e. The predicted molar refractivity (Wildman–Crippen MR) is 73.2 cm³/mol. The van der Waals surface area contributed by atoms with E-state index in [-0.39, 0.29) is 0 Å². The molecule has 0 aliphatic heterocycles. The summed E-state index contributed by atoms with van der Waals surface area (Å²) in [4.78, 5) is 0. The fraction of sp³-hybridized carbons (Fsp3) is 0.100. The van der Waals surface area contributed by atoms with Gasteiger partial charge in [0.1, 0.15) is 0 Å². The number of aromatic nitrogens is 2. The molecule has 0 amide bonds. The van der Waals surface area contributed by atoms with Crippen molar-refractivity contribution in [1.29, 1.82) is 0 Å². The van der Waals surface area contributed by atoms with E-state index >= 15 is 0 Å². The summed E-state index contributed by atoms with van der Waals surface area (Å²) in [6.07, 6.45) is 3.81. The Morgan fingerprint density at radius 1 is 1.47 bits per heavy atom. The summed E-state index contributed by atoms with van der Waals surface area (Å²) in [5, 5.41) is 4.97. The summed E-state index contributed by atoms with van der Waals surface area (Å²) in [6, 6.07) is 5.88. The molecule has 0 bridgehead atoms. The van der Waals surface area contributed by atoms with Gasteiger partial charge in [-0.1, -0.05) is 33.6 Å². The van der Waals surface area contributed by atoms with E-state index in [4.69, 9.17) is 11.6 Å². The molecule has 0 aliphatic carbocycles. The summed E-state index contributed by atoms with van der Waals surface area (Å²) in [7, 11) is 0. The molecule has 0 unspecified atom stereocenters. The monoisotopic (exact) mass is 396 g/mol. The zero-order valence-electron chi connectivity index (χ0n) is 7.62. The Balaban J connectivity index is 2.24. The third-order valence-electron chi connectivity index (χ3n) is 1.95. The lowest BCUT2D eigenvalue weighted by Gasteiger charge is -2.04. The lowest BCUT2D eigenvalue weighted by molar-refractivity contribution is 0.686. The molecule has 0 saturated heterocycles. The van der Waals surface area contributed by atoms with Gasteiger partial charge in [-0.25, -0.2) is 0 Å². The second-order valence-corrected chi connectivity index (χ2v) is 5.66. The van der Waals surface area contributed by atoms with Crippen molar-refractivity contribution in [3.63, 3.8) is 0 Å². The van der Waals surface area contributed by atoms with Crippen LogP contribution in [-0.4, -0.2) is 9.78 Å². The third-order valence-corrected chi connectivity index (χ3v) is 3.35. The summed E-state index contributed by atoms with van der Waals surface area (Å²) in [5.74, 6) is 0. The molecule has 0 aliphatic rings. The Kier molecular flexibility index (Phi) is 3.69. The maximum absolute atomic E-state index is 6.11. The van der Waals surface area contributed by atoms with Gasteiger partial charge in [0.05, 0.1) is 16.3 Å². The maximum Gasteiger partial charge on any atom is 0.0674 e. The van der Waals surface area contributed by atoms with Gasteiger partial charge in [0.25, 0.3) is 0 Å². The molecular weight excluding hydrogens is 390 g/mol. The van der Waals surface area contributed by atoms with Crippen LogP contribution in [0.4, 0.5) is 0 Å². The maximum atomic E-state index is 6.11. The van der Waals surface area contributed by atoms with Crippen LogP contribution in [0.5, 0.6) is 0 Å². The van der Waals surface area contributed by atoms with Crippen molar-refractivity contribution in [3.8, 4) is 0 Å². The molecule has 2 nitrogen and oxygen atoms in total. The van der Waals surface area contributed by atoms with E-state index in [0.29, 0.717) is 6.54 Å². The Morgan fingerprint density at radius 2 is 2.27 bits per heavy atom. The van der Waals surface area contributed by atoms with Gasteiger partial charge in [-0.15, -0.1) is 0 Å². The van der Waals surface area contributed by atoms with Gasteiger partial charge in [-0.2, -0.15) is 5.10 Å². The minimum absolute atomic E-state index is 0.703. The van der Waals surface area contributed by atoms with Crippen LogP contribution >= 0.6 is 50.1 Å². The van der Waals surface area contributed by atoms with E-state index in [0.717, 1.165) is 18.6 Å². The lowest BCUT2D eigenvalue weighted by Crippen LogP contribution is -2.00. The SMILES string of the molecule is Clc1cc(Br)ccc1Cn1cc(I)cn1. The molecule has 2 aromatic rings. The average molecular weight is 397 g/mol. The summed E-state index contributed by atoms with van der Waals surface area (Å²) < 4.78 is 3.99. The molecule has 1 aromatic carbocycles. The first-order chi connectivity index (χ1) is 7.15. The first-order valence-electron chi connectivity index (χ1n) is 4.27. The van der Waals surface area contributed by atoms with Crippen molar-refractivity contribution in [1.82, 2.24) is 9.78 Å². The van der Waals surface area contributed by atoms with Gasteiger partial charge in [0, 0.05) is 15.7 Å². The van der Waals surface area contributed by atoms with E-state index in [1.807, 2.05) is 35.3 Å². The fourth-order valence-electron chi connectivity index (χ4n) is 1.25. The van der Waals surface area contributed by atoms with Crippen molar-refractivity contribution < 1.29 is 0 Å². The van der Waals surface area contributed by atoms with Gasteiger partial charge in [0.2, 0.25) is 0 Å². The number of halogens is 3. The molecule has 0 fully saturated rings. The Labute approximate surface area is 115 Å². The van der Waals surface area contributed by atoms with Crippen molar-refractivity contribution in [3.05, 3.63) is 49.2 Å². The average Bonchev–Trinajstić information content (AvgIpc) is 2.56. The first kappa shape index (κ1) is 11.4. The van der Waals surface area contributed by atoms with Gasteiger partial charge in [0.15, 0.2) is 0 Å². The third kappa shape index (κ3) is 2.95. The van der Waals surface area contributed by atoms with E-state index in [9.17, 15) is 0 Å². The van der Waals surface area contributed by atoms with Crippen LogP contribution in [0.25, 0.3) is 0 Å². The highest BCUT2D eigenvalue weighted by atomic mass is 127. The zero-order chi connectivity index (χ0) is 10.8. The van der Waals surface area contributed by atoms with Gasteiger partial charge in [-0.3, -0.25) is 4.68 Å². The van der Waals surface area contributed by atoms with Crippen molar-refractivity contribution >= 4 is 50.1 Å². The topological polar surface area (TPSA) is 17.8 Å². The fourth-order valence-corrected chi connectivity index (χ4v) is 2.43. The number of hydrogen-bond acceptors (Lipinski definition) is 1. The summed E-state index contributed by atoms with van der Waals surface area (Å²) in [6.45, 7) is 0.703. The Bertz CT molecular complexity index is 484. The highest BCUT2D eigenvalue weighted by molar-refractivity contribution is 14.1. The highest BCUT2D eigenvalue weighted by Gasteiger charge is 2.02. The van der Waals surface area contributed by atoms with Crippen molar-refractivity contribution in [2.45, 2.75) is 6.54 Å². The standard InChI is InChI=1S/C10H7BrClIN2/c11-8-2-1-7(10(12)3-8)5-15-6-9(13)4-14-15/h1-4,6H,5H2. The summed E-state index contributed by atoms with van der Waals surface area (Å²) >= 11 is 11.7. The molecule has 0 atom stereocenters. The van der Waals surface area contributed by atoms with E-state index in [1.165, 1.54) is 0 Å². The second-order valence-electron chi connectivity index (χ2n) is 3.09. The largest absolute Gasteiger partial charge is 0.267 e. The number of rotatable bonds is 2. The zero-order valence-corrected chi connectivity index (χ0v) is 12.1. The van der Waals surface area contributed by atoms with Crippen LogP contribution in [0.15, 0.2) is 35.1 Å². The molecule has 0 saturated carbocycles. The normalized spacial score (nSPS) is 10.6. The van der Waals surface area contributed by atoms with Crippen molar-refractivity contribution in [2.24, 2.45) is 0 Å². The minimum atomic E-state index is 0.703. The Hall–Kier alpha value is -0.0700. The van der Waals surface area contributed by atoms with E-state index in [2.05, 4.69) is 43.6 Å². The quantitative estimate of drug-likeness (QED) is 0.702. The van der Waals surface area contributed by atoms with Gasteiger partial charge < -0.3 is 0 Å². The molecule has 78 valence electrons. The highest BCUT2D eigenvalue weighted by Crippen LogP contribution is 2.22. The first-order valence-corrected chi connectivity index (χ1v) is 6.52. The van der Waals surface area contributed by atoms with Crippen LogP contribution in [0.1, 0.15) is 5.56 Å². The molecule has 15 heavy (non-hydrogen) atoms. The predicted octanol–water partition coefficient (Wildman–Crippen LogP) is 3.95. The van der Waals surface area contributed by atoms with Gasteiger partial charge in [-0.05, 0) is 40.3 Å². The van der Waals surface area contributed by atoms with Crippen LogP contribution in [0, 0.1) is 3.57 Å². The Morgan fingerprint density at radius 3 is 2.87 bits per heavy atom. The molecule has 2 rings (SSSR count). The van der Waals surface area contributed by atoms with Crippen LogP contribution in [0.3, 0.4) is 0 Å². The van der Waals surface area contributed by atoms with Crippen LogP contribution < -0.4 is 0 Å². The number of benzene rings is 1. The van der Waals surface area contributed by atoms with Crippen LogP contribution in [-0.2, 0) is 6.54 Å². The molecule has 1 heterocycles. The minimum Gasteiger partial charge on any atom is -0.267 e. The number of hydrogen-bond donors (Lipinski definition) is 0. The van der Waals surface area contributed by atoms with Crippen LogP contribution in [0.2, 0.25) is 5.02 Å².